The molecule has 1 aliphatic rings. The number of anilines is 1. The Kier molecular flexibility index (Phi) is 3.74. The summed E-state index contributed by atoms with van der Waals surface area (Å²) >= 11 is 0. The Hall–Kier alpha value is -2.04. The van der Waals surface area contributed by atoms with Crippen molar-refractivity contribution < 1.29 is 14.3 Å². The van der Waals surface area contributed by atoms with E-state index >= 15 is 0 Å². The molecule has 1 heterocycles. The van der Waals surface area contributed by atoms with Crippen LogP contribution in [0.1, 0.15) is 25.8 Å². The minimum absolute atomic E-state index is 0.0251. The van der Waals surface area contributed by atoms with Gasteiger partial charge in [0, 0.05) is 6.04 Å². The van der Waals surface area contributed by atoms with Gasteiger partial charge in [-0.15, -0.1) is 0 Å². The predicted molar refractivity (Wildman–Crippen MR) is 72.1 cm³/mol. The minimum Gasteiger partial charge on any atom is -0.478 e. The van der Waals surface area contributed by atoms with Crippen LogP contribution in [0.25, 0.3) is 0 Å². The molecule has 2 amide bonds. The molecule has 2 N–H and O–H groups in total. The summed E-state index contributed by atoms with van der Waals surface area (Å²) in [5, 5.41) is 5.51. The first-order chi connectivity index (χ1) is 8.95. The molecule has 0 saturated carbocycles. The number of nitrogens with one attached hydrogen (secondary N) is 2. The molecule has 0 fully saturated rings. The van der Waals surface area contributed by atoms with Gasteiger partial charge in [-0.2, -0.15) is 0 Å². The molecule has 19 heavy (non-hydrogen) atoms. The second-order valence-electron chi connectivity index (χ2n) is 5.02. The zero-order valence-electron chi connectivity index (χ0n) is 11.3. The van der Waals surface area contributed by atoms with E-state index < -0.39 is 6.10 Å². The fourth-order valence-electron chi connectivity index (χ4n) is 1.95. The average Bonchev–Trinajstić information content (AvgIpc) is 2.29. The van der Waals surface area contributed by atoms with Gasteiger partial charge in [-0.3, -0.25) is 9.59 Å². The van der Waals surface area contributed by atoms with Crippen LogP contribution in [-0.2, 0) is 9.59 Å². The van der Waals surface area contributed by atoms with Crippen molar-refractivity contribution in [2.24, 2.45) is 0 Å². The first kappa shape index (κ1) is 13.4. The van der Waals surface area contributed by atoms with E-state index in [-0.39, 0.29) is 24.3 Å². The van der Waals surface area contributed by atoms with Gasteiger partial charge >= 0.3 is 0 Å². The van der Waals surface area contributed by atoms with Crippen LogP contribution in [0.4, 0.5) is 5.69 Å². The van der Waals surface area contributed by atoms with Crippen LogP contribution in [0.2, 0.25) is 0 Å². The lowest BCUT2D eigenvalue weighted by atomic mass is 10.1. The van der Waals surface area contributed by atoms with E-state index in [0.29, 0.717) is 11.4 Å². The van der Waals surface area contributed by atoms with Crippen molar-refractivity contribution in [1.29, 1.82) is 0 Å². The van der Waals surface area contributed by atoms with E-state index in [1.807, 2.05) is 32.9 Å². The third-order valence-electron chi connectivity index (χ3n) is 2.78. The van der Waals surface area contributed by atoms with Crippen LogP contribution in [0.15, 0.2) is 18.2 Å². The highest BCUT2D eigenvalue weighted by molar-refractivity contribution is 6.00. The van der Waals surface area contributed by atoms with E-state index in [1.54, 1.807) is 6.07 Å². The van der Waals surface area contributed by atoms with Gasteiger partial charge in [-0.05, 0) is 38.5 Å². The molecule has 1 unspecified atom stereocenters. The van der Waals surface area contributed by atoms with Crippen molar-refractivity contribution in [3.05, 3.63) is 23.8 Å². The van der Waals surface area contributed by atoms with Crippen LogP contribution in [0.3, 0.4) is 0 Å². The topological polar surface area (TPSA) is 67.4 Å². The molecule has 1 aromatic rings. The monoisotopic (exact) mass is 262 g/mol. The summed E-state index contributed by atoms with van der Waals surface area (Å²) in [6.07, 6.45) is -0.744. The maximum Gasteiger partial charge on any atom is 0.266 e. The van der Waals surface area contributed by atoms with Crippen molar-refractivity contribution in [2.45, 2.75) is 39.3 Å². The Morgan fingerprint density at radius 3 is 2.89 bits per heavy atom. The fourth-order valence-corrected chi connectivity index (χ4v) is 1.95. The second kappa shape index (κ2) is 5.30. The molecule has 1 aliphatic heterocycles. The number of hydrogen-bond acceptors (Lipinski definition) is 3. The van der Waals surface area contributed by atoms with Gasteiger partial charge in [0.1, 0.15) is 5.75 Å². The molecule has 0 radical (unpaired) electrons. The van der Waals surface area contributed by atoms with Gasteiger partial charge in [0.25, 0.3) is 5.91 Å². The Morgan fingerprint density at radius 2 is 2.21 bits per heavy atom. The number of aryl methyl sites for hydroxylation is 1. The first-order valence-corrected chi connectivity index (χ1v) is 6.33. The Labute approximate surface area is 112 Å². The van der Waals surface area contributed by atoms with Crippen molar-refractivity contribution in [3.63, 3.8) is 0 Å². The molecular weight excluding hydrogens is 244 g/mol. The van der Waals surface area contributed by atoms with Gasteiger partial charge in [0.15, 0.2) is 6.10 Å². The van der Waals surface area contributed by atoms with Gasteiger partial charge < -0.3 is 15.4 Å². The SMILES string of the molecule is Cc1ccc2c(c1)NC(=O)C(CC(=O)NC(C)C)O2. The summed E-state index contributed by atoms with van der Waals surface area (Å²) in [7, 11) is 0. The number of benzene rings is 1. The van der Waals surface area contributed by atoms with Crippen molar-refractivity contribution in [1.82, 2.24) is 5.32 Å². The van der Waals surface area contributed by atoms with Crippen LogP contribution < -0.4 is 15.4 Å². The molecule has 5 nitrogen and oxygen atoms in total. The van der Waals surface area contributed by atoms with E-state index in [0.717, 1.165) is 5.56 Å². The Balaban J connectivity index is 2.07. The lowest BCUT2D eigenvalue weighted by Crippen LogP contribution is -2.42. The lowest BCUT2D eigenvalue weighted by Gasteiger charge is -2.26. The largest absolute Gasteiger partial charge is 0.478 e. The molecule has 0 aliphatic carbocycles. The maximum atomic E-state index is 11.9. The number of fused-ring (bicyclic) bond motifs is 1. The Bertz CT molecular complexity index is 511. The summed E-state index contributed by atoms with van der Waals surface area (Å²) in [6.45, 7) is 5.68. The minimum atomic E-state index is -0.769. The number of carbonyl (C=O) groups is 2. The first-order valence-electron chi connectivity index (χ1n) is 6.33. The number of rotatable bonds is 3. The Morgan fingerprint density at radius 1 is 1.47 bits per heavy atom. The van der Waals surface area contributed by atoms with Crippen molar-refractivity contribution in [2.75, 3.05) is 5.32 Å². The standard InChI is InChI=1S/C14H18N2O3/c1-8(2)15-13(17)7-12-14(18)16-10-6-9(3)4-5-11(10)19-12/h4-6,8,12H,7H2,1-3H3,(H,15,17)(H,16,18). The summed E-state index contributed by atoms with van der Waals surface area (Å²) in [5.41, 5.74) is 1.70. The molecule has 5 heteroatoms. The average molecular weight is 262 g/mol. The molecular formula is C14H18N2O3. The fraction of sp³-hybridized carbons (Fsp3) is 0.429. The number of hydrogen-bond donors (Lipinski definition) is 2. The number of ether oxygens (including phenoxy) is 1. The quantitative estimate of drug-likeness (QED) is 0.869. The summed E-state index contributed by atoms with van der Waals surface area (Å²) in [4.78, 5) is 23.5. The molecule has 0 bridgehead atoms. The number of carbonyl (C=O) groups excluding carboxylic acids is 2. The molecule has 102 valence electrons. The number of amides is 2. The maximum absolute atomic E-state index is 11.9. The molecule has 1 atom stereocenters. The molecule has 1 aromatic carbocycles. The van der Waals surface area contributed by atoms with Crippen LogP contribution in [0.5, 0.6) is 5.75 Å². The van der Waals surface area contributed by atoms with Gasteiger partial charge in [0.2, 0.25) is 5.91 Å². The molecule has 0 spiro atoms. The highest BCUT2D eigenvalue weighted by Gasteiger charge is 2.29. The highest BCUT2D eigenvalue weighted by Crippen LogP contribution is 2.30. The van der Waals surface area contributed by atoms with Crippen LogP contribution in [0, 0.1) is 6.92 Å². The van der Waals surface area contributed by atoms with E-state index in [1.165, 1.54) is 0 Å². The molecule has 2 rings (SSSR count). The third kappa shape index (κ3) is 3.24. The highest BCUT2D eigenvalue weighted by atomic mass is 16.5. The summed E-state index contributed by atoms with van der Waals surface area (Å²) < 4.78 is 5.58. The van der Waals surface area contributed by atoms with Crippen LogP contribution in [-0.4, -0.2) is 24.0 Å². The zero-order chi connectivity index (χ0) is 14.0. The predicted octanol–water partition coefficient (Wildman–Crippen LogP) is 1.61. The zero-order valence-corrected chi connectivity index (χ0v) is 11.3. The third-order valence-corrected chi connectivity index (χ3v) is 2.78. The van der Waals surface area contributed by atoms with Gasteiger partial charge in [-0.25, -0.2) is 0 Å². The van der Waals surface area contributed by atoms with E-state index in [4.69, 9.17) is 4.74 Å². The van der Waals surface area contributed by atoms with Gasteiger partial charge in [-0.1, -0.05) is 6.07 Å². The van der Waals surface area contributed by atoms with E-state index in [9.17, 15) is 9.59 Å². The lowest BCUT2D eigenvalue weighted by molar-refractivity contribution is -0.130. The normalized spacial score (nSPS) is 17.5. The summed E-state index contributed by atoms with van der Waals surface area (Å²) in [6, 6.07) is 5.60. The molecule has 0 aromatic heterocycles. The van der Waals surface area contributed by atoms with E-state index in [2.05, 4.69) is 10.6 Å². The molecule has 0 saturated heterocycles. The van der Waals surface area contributed by atoms with Gasteiger partial charge in [0.05, 0.1) is 12.1 Å². The van der Waals surface area contributed by atoms with Crippen molar-refractivity contribution in [3.8, 4) is 5.75 Å². The van der Waals surface area contributed by atoms with Crippen molar-refractivity contribution >= 4 is 17.5 Å². The summed E-state index contributed by atoms with van der Waals surface area (Å²) in [5.74, 6) is 0.135. The second-order valence-corrected chi connectivity index (χ2v) is 5.02. The smallest absolute Gasteiger partial charge is 0.266 e. The van der Waals surface area contributed by atoms with Crippen LogP contribution >= 0.6 is 0 Å².